The molecule has 4 nitrogen and oxygen atoms in total. The number of aromatic nitrogens is 4. The van der Waals surface area contributed by atoms with Crippen molar-refractivity contribution in [1.82, 2.24) is 19.7 Å². The van der Waals surface area contributed by atoms with Crippen LogP contribution in [0.1, 0.15) is 25.5 Å². The summed E-state index contributed by atoms with van der Waals surface area (Å²) in [5.74, 6) is 0.484. The third kappa shape index (κ3) is 1.18. The van der Waals surface area contributed by atoms with Crippen LogP contribution in [-0.4, -0.2) is 19.7 Å². The lowest BCUT2D eigenvalue weighted by Crippen LogP contribution is -1.85. The largest absolute Gasteiger partial charge is 0.340 e. The quantitative estimate of drug-likeness (QED) is 0.730. The second-order valence-corrected chi connectivity index (χ2v) is 3.55. The van der Waals surface area contributed by atoms with E-state index in [4.69, 9.17) is 0 Å². The van der Waals surface area contributed by atoms with Crippen molar-refractivity contribution in [3.63, 3.8) is 0 Å². The number of fused-ring (bicyclic) bond motifs is 1. The van der Waals surface area contributed by atoms with E-state index in [0.29, 0.717) is 14.4 Å². The highest BCUT2D eigenvalue weighted by Gasteiger charge is 2.05. The van der Waals surface area contributed by atoms with E-state index >= 15 is 0 Å². The van der Waals surface area contributed by atoms with E-state index in [1.807, 2.05) is 6.07 Å². The average Bonchev–Trinajstić information content (AvgIpc) is 2.46. The van der Waals surface area contributed by atoms with Gasteiger partial charge in [-0.3, -0.25) is 0 Å². The van der Waals surface area contributed by atoms with Crippen molar-refractivity contribution in [2.45, 2.75) is 19.8 Å². The van der Waals surface area contributed by atoms with Crippen LogP contribution >= 0.6 is 8.51 Å². The SMILES string of the molecule is CC(C)c1cc2npnnc2[nH]1. The molecule has 0 amide bonds. The van der Waals surface area contributed by atoms with Crippen molar-refractivity contribution < 1.29 is 0 Å². The van der Waals surface area contributed by atoms with Gasteiger partial charge in [0.25, 0.3) is 0 Å². The molecule has 0 radical (unpaired) electrons. The Morgan fingerprint density at radius 2 is 2.33 bits per heavy atom. The highest BCUT2D eigenvalue weighted by molar-refractivity contribution is 7.20. The lowest BCUT2D eigenvalue weighted by atomic mass is 10.1. The summed E-state index contributed by atoms with van der Waals surface area (Å²) in [6, 6.07) is 2.03. The number of hydrogen-bond donors (Lipinski definition) is 1. The van der Waals surface area contributed by atoms with Crippen LogP contribution in [0, 0.1) is 0 Å². The summed E-state index contributed by atoms with van der Waals surface area (Å²) in [6.07, 6.45) is 0. The molecule has 0 fully saturated rings. The molecule has 2 aromatic heterocycles. The molecule has 62 valence electrons. The first-order chi connectivity index (χ1) is 5.77. The normalized spacial score (nSPS) is 11.9. The van der Waals surface area contributed by atoms with Gasteiger partial charge in [0.05, 0.1) is 0 Å². The van der Waals surface area contributed by atoms with E-state index in [1.54, 1.807) is 0 Å². The monoisotopic (exact) mass is 180 g/mol. The first-order valence-electron chi connectivity index (χ1n) is 3.82. The Kier molecular flexibility index (Phi) is 1.77. The third-order valence-electron chi connectivity index (χ3n) is 1.76. The maximum Gasteiger partial charge on any atom is 0.179 e. The first kappa shape index (κ1) is 7.62. The van der Waals surface area contributed by atoms with Crippen molar-refractivity contribution in [2.24, 2.45) is 0 Å². The Bertz CT molecular complexity index is 362. The molecule has 0 atom stereocenters. The summed E-state index contributed by atoms with van der Waals surface area (Å²) in [7, 11) is 0.682. The smallest absolute Gasteiger partial charge is 0.179 e. The lowest BCUT2D eigenvalue weighted by Gasteiger charge is -1.96. The summed E-state index contributed by atoms with van der Waals surface area (Å²) < 4.78 is 4.18. The summed E-state index contributed by atoms with van der Waals surface area (Å²) in [6.45, 7) is 4.26. The topological polar surface area (TPSA) is 54.5 Å². The maximum absolute atomic E-state index is 4.18. The van der Waals surface area contributed by atoms with Gasteiger partial charge in [-0.05, 0) is 12.0 Å². The molecule has 2 heterocycles. The van der Waals surface area contributed by atoms with E-state index in [-0.39, 0.29) is 0 Å². The zero-order valence-electron chi connectivity index (χ0n) is 6.94. The van der Waals surface area contributed by atoms with Crippen molar-refractivity contribution in [3.05, 3.63) is 11.8 Å². The van der Waals surface area contributed by atoms with Crippen LogP contribution < -0.4 is 0 Å². The fourth-order valence-corrected chi connectivity index (χ4v) is 1.47. The summed E-state index contributed by atoms with van der Waals surface area (Å²) in [5, 5.41) is 3.96. The number of hydrogen-bond acceptors (Lipinski definition) is 3. The van der Waals surface area contributed by atoms with E-state index in [2.05, 4.69) is 33.5 Å². The van der Waals surface area contributed by atoms with Gasteiger partial charge in [0.2, 0.25) is 0 Å². The Balaban J connectivity index is 2.62. The molecule has 1 N–H and O–H groups in total. The average molecular weight is 180 g/mol. The van der Waals surface area contributed by atoms with E-state index in [0.717, 1.165) is 11.2 Å². The molecule has 12 heavy (non-hydrogen) atoms. The van der Waals surface area contributed by atoms with Gasteiger partial charge in [-0.2, -0.15) is 0 Å². The van der Waals surface area contributed by atoms with Gasteiger partial charge >= 0.3 is 0 Å². The molecule has 5 heteroatoms. The molecule has 0 aliphatic heterocycles. The summed E-state index contributed by atoms with van der Waals surface area (Å²) in [4.78, 5) is 6.96. The van der Waals surface area contributed by atoms with Gasteiger partial charge in [-0.1, -0.05) is 13.8 Å². The highest BCUT2D eigenvalue weighted by Crippen LogP contribution is 2.17. The number of nitrogens with zero attached hydrogens (tertiary/aromatic N) is 3. The molecule has 0 aliphatic carbocycles. The predicted octanol–water partition coefficient (Wildman–Crippen LogP) is 2.06. The third-order valence-corrected chi connectivity index (χ3v) is 2.23. The van der Waals surface area contributed by atoms with Crippen LogP contribution in [0.4, 0.5) is 0 Å². The minimum Gasteiger partial charge on any atom is -0.340 e. The molecule has 2 aromatic rings. The minimum absolute atomic E-state index is 0.484. The van der Waals surface area contributed by atoms with Gasteiger partial charge in [-0.25, -0.2) is 4.75 Å². The lowest BCUT2D eigenvalue weighted by molar-refractivity contribution is 0.834. The van der Waals surface area contributed by atoms with Crippen molar-refractivity contribution >= 4 is 19.7 Å². The minimum atomic E-state index is 0.484. The van der Waals surface area contributed by atoms with Crippen LogP contribution in [0.15, 0.2) is 6.07 Å². The number of rotatable bonds is 1. The molecule has 0 unspecified atom stereocenters. The zero-order chi connectivity index (χ0) is 8.55. The molecule has 0 saturated heterocycles. The molecular formula is C7H9N4P. The van der Waals surface area contributed by atoms with Gasteiger partial charge in [0.1, 0.15) is 5.52 Å². The standard InChI is InChI=1S/C7H9N4P/c1-4(2)5-3-6-7(8-5)9-11-12-10-6/h3-4H,1-2H3,(H,8,9). The van der Waals surface area contributed by atoms with E-state index < -0.39 is 0 Å². The fourth-order valence-electron chi connectivity index (χ4n) is 1.05. The molecule has 2 rings (SSSR count). The molecule has 0 aliphatic rings. The second-order valence-electron chi connectivity index (χ2n) is 2.99. The maximum atomic E-state index is 4.18. The molecule has 0 aromatic carbocycles. The van der Waals surface area contributed by atoms with Crippen LogP contribution in [0.2, 0.25) is 0 Å². The summed E-state index contributed by atoms with van der Waals surface area (Å²) >= 11 is 0. The summed E-state index contributed by atoms with van der Waals surface area (Å²) in [5.41, 5.74) is 2.88. The van der Waals surface area contributed by atoms with Crippen LogP contribution in [0.5, 0.6) is 0 Å². The predicted molar refractivity (Wildman–Crippen MR) is 48.3 cm³/mol. The van der Waals surface area contributed by atoms with Crippen LogP contribution in [-0.2, 0) is 0 Å². The Labute approximate surface area is 71.7 Å². The van der Waals surface area contributed by atoms with Crippen molar-refractivity contribution in [3.8, 4) is 0 Å². The number of H-pyrrole nitrogens is 1. The Morgan fingerprint density at radius 1 is 1.50 bits per heavy atom. The zero-order valence-corrected chi connectivity index (χ0v) is 7.84. The van der Waals surface area contributed by atoms with Crippen molar-refractivity contribution in [2.75, 3.05) is 0 Å². The van der Waals surface area contributed by atoms with Gasteiger partial charge in [0.15, 0.2) is 14.2 Å². The second kappa shape index (κ2) is 2.79. The van der Waals surface area contributed by atoms with E-state index in [1.165, 1.54) is 5.69 Å². The van der Waals surface area contributed by atoms with Crippen LogP contribution in [0.3, 0.4) is 0 Å². The number of aromatic amines is 1. The van der Waals surface area contributed by atoms with Gasteiger partial charge in [0, 0.05) is 5.69 Å². The highest BCUT2D eigenvalue weighted by atomic mass is 31.1. The first-order valence-corrected chi connectivity index (χ1v) is 4.62. The Morgan fingerprint density at radius 3 is 3.00 bits per heavy atom. The van der Waals surface area contributed by atoms with Crippen molar-refractivity contribution in [1.29, 1.82) is 0 Å². The van der Waals surface area contributed by atoms with Gasteiger partial charge < -0.3 is 4.98 Å². The molecule has 0 bridgehead atoms. The number of nitrogens with one attached hydrogen (secondary N) is 1. The van der Waals surface area contributed by atoms with Gasteiger partial charge in [-0.15, -0.1) is 9.96 Å². The molecule has 0 spiro atoms. The van der Waals surface area contributed by atoms with Crippen LogP contribution in [0.25, 0.3) is 11.2 Å². The Hall–Kier alpha value is -1.02. The fraction of sp³-hybridized carbons (Fsp3) is 0.429. The molecular weight excluding hydrogens is 171 g/mol. The molecule has 0 saturated carbocycles. The van der Waals surface area contributed by atoms with E-state index in [9.17, 15) is 0 Å².